The fourth-order valence-electron chi connectivity index (χ4n) is 1.89. The van der Waals surface area contributed by atoms with Crippen molar-refractivity contribution in [2.75, 3.05) is 5.32 Å². The molecule has 0 heterocycles. The summed E-state index contributed by atoms with van der Waals surface area (Å²) in [5, 5.41) is 5.86. The van der Waals surface area contributed by atoms with Crippen LogP contribution in [-0.4, -0.2) is 17.5 Å². The molecule has 0 atom stereocenters. The number of rotatable bonds is 5. The van der Waals surface area contributed by atoms with Gasteiger partial charge in [0.25, 0.3) is 0 Å². The molecule has 2 rings (SSSR count). The zero-order valence-electron chi connectivity index (χ0n) is 13.5. The number of carbonyl (C=O) groups is 2. The Bertz CT molecular complexity index is 700. The molecular formula is C18H19ClN2O3. The first-order chi connectivity index (χ1) is 11.4. The Kier molecular flexibility index (Phi) is 5.82. The molecule has 0 spiro atoms. The van der Waals surface area contributed by atoms with Crippen molar-refractivity contribution < 1.29 is 14.3 Å². The Balaban J connectivity index is 1.87. The van der Waals surface area contributed by atoms with Crippen LogP contribution >= 0.6 is 11.6 Å². The van der Waals surface area contributed by atoms with Crippen LogP contribution in [0.5, 0.6) is 0 Å². The monoisotopic (exact) mass is 346 g/mol. The fourth-order valence-corrected chi connectivity index (χ4v) is 2.02. The summed E-state index contributed by atoms with van der Waals surface area (Å²) in [6.07, 6.45) is -0.657. The maximum Gasteiger partial charge on any atom is 0.408 e. The van der Waals surface area contributed by atoms with Gasteiger partial charge in [-0.1, -0.05) is 41.9 Å². The van der Waals surface area contributed by atoms with Gasteiger partial charge in [-0.15, -0.1) is 0 Å². The SMILES string of the molecule is CC(C)(NC(=O)OCc1ccccc1)C(=O)Nc1ccc(Cl)cc1. The average molecular weight is 347 g/mol. The van der Waals surface area contributed by atoms with E-state index in [1.165, 1.54) is 0 Å². The van der Waals surface area contributed by atoms with Crippen LogP contribution in [0, 0.1) is 0 Å². The largest absolute Gasteiger partial charge is 0.445 e. The molecule has 2 aromatic rings. The summed E-state index contributed by atoms with van der Waals surface area (Å²) in [5.41, 5.74) is 0.334. The molecule has 24 heavy (non-hydrogen) atoms. The Morgan fingerprint density at radius 3 is 2.29 bits per heavy atom. The number of carbonyl (C=O) groups excluding carboxylic acids is 2. The van der Waals surface area contributed by atoms with Crippen LogP contribution in [0.4, 0.5) is 10.5 Å². The standard InChI is InChI=1S/C18H19ClN2O3/c1-18(2,16(22)20-15-10-8-14(19)9-11-15)21-17(23)24-12-13-6-4-3-5-7-13/h3-11H,12H2,1-2H3,(H,20,22)(H,21,23). The average Bonchev–Trinajstić information content (AvgIpc) is 2.55. The first kappa shape index (κ1) is 17.8. The van der Waals surface area contributed by atoms with Gasteiger partial charge in [-0.3, -0.25) is 4.79 Å². The van der Waals surface area contributed by atoms with Crippen molar-refractivity contribution in [3.05, 3.63) is 65.2 Å². The van der Waals surface area contributed by atoms with E-state index < -0.39 is 11.6 Å². The maximum absolute atomic E-state index is 12.3. The van der Waals surface area contributed by atoms with E-state index in [1.54, 1.807) is 38.1 Å². The second kappa shape index (κ2) is 7.84. The third-order valence-electron chi connectivity index (χ3n) is 3.30. The predicted octanol–water partition coefficient (Wildman–Crippen LogP) is 3.98. The molecule has 2 amide bonds. The number of hydrogen-bond acceptors (Lipinski definition) is 3. The van der Waals surface area contributed by atoms with Gasteiger partial charge in [-0.05, 0) is 43.7 Å². The molecule has 0 aliphatic rings. The molecular weight excluding hydrogens is 328 g/mol. The fraction of sp³-hybridized carbons (Fsp3) is 0.222. The van der Waals surface area contributed by atoms with Gasteiger partial charge in [-0.25, -0.2) is 4.79 Å². The normalized spacial score (nSPS) is 10.8. The number of hydrogen-bond donors (Lipinski definition) is 2. The van der Waals surface area contributed by atoms with E-state index in [4.69, 9.17) is 16.3 Å². The minimum atomic E-state index is -1.13. The third-order valence-corrected chi connectivity index (χ3v) is 3.55. The Hall–Kier alpha value is -2.53. The lowest BCUT2D eigenvalue weighted by atomic mass is 10.0. The summed E-state index contributed by atoms with van der Waals surface area (Å²) in [6, 6.07) is 16.0. The van der Waals surface area contributed by atoms with Crippen molar-refractivity contribution >= 4 is 29.3 Å². The van der Waals surface area contributed by atoms with Crippen LogP contribution in [-0.2, 0) is 16.1 Å². The van der Waals surface area contributed by atoms with Gasteiger partial charge in [-0.2, -0.15) is 0 Å². The molecule has 2 N–H and O–H groups in total. The van der Waals surface area contributed by atoms with E-state index in [9.17, 15) is 9.59 Å². The molecule has 6 heteroatoms. The number of benzene rings is 2. The first-order valence-corrected chi connectivity index (χ1v) is 7.80. The summed E-state index contributed by atoms with van der Waals surface area (Å²) in [4.78, 5) is 24.2. The van der Waals surface area contributed by atoms with Crippen LogP contribution in [0.15, 0.2) is 54.6 Å². The molecule has 0 saturated heterocycles. The summed E-state index contributed by atoms with van der Waals surface area (Å²) in [6.45, 7) is 3.34. The van der Waals surface area contributed by atoms with Gasteiger partial charge < -0.3 is 15.4 Å². The van der Waals surface area contributed by atoms with Crippen LogP contribution in [0.2, 0.25) is 5.02 Å². The van der Waals surface area contributed by atoms with Crippen LogP contribution in [0.3, 0.4) is 0 Å². The van der Waals surface area contributed by atoms with Crippen molar-refractivity contribution in [2.45, 2.75) is 26.0 Å². The molecule has 0 unspecified atom stereocenters. The van der Waals surface area contributed by atoms with Gasteiger partial charge in [0.05, 0.1) is 0 Å². The number of ether oxygens (including phenoxy) is 1. The topological polar surface area (TPSA) is 67.4 Å². The van der Waals surface area contributed by atoms with Crippen molar-refractivity contribution in [3.8, 4) is 0 Å². The van der Waals surface area contributed by atoms with Crippen LogP contribution in [0.1, 0.15) is 19.4 Å². The highest BCUT2D eigenvalue weighted by Crippen LogP contribution is 2.15. The predicted molar refractivity (Wildman–Crippen MR) is 93.9 cm³/mol. The molecule has 2 aromatic carbocycles. The number of nitrogens with one attached hydrogen (secondary N) is 2. The molecule has 0 radical (unpaired) electrons. The van der Waals surface area contributed by atoms with Crippen LogP contribution in [0.25, 0.3) is 0 Å². The van der Waals surface area contributed by atoms with E-state index in [2.05, 4.69) is 10.6 Å². The smallest absolute Gasteiger partial charge is 0.408 e. The maximum atomic E-state index is 12.3. The highest BCUT2D eigenvalue weighted by atomic mass is 35.5. The second-order valence-electron chi connectivity index (χ2n) is 5.77. The zero-order valence-corrected chi connectivity index (χ0v) is 14.3. The van der Waals surface area contributed by atoms with Crippen LogP contribution < -0.4 is 10.6 Å². The number of amides is 2. The highest BCUT2D eigenvalue weighted by Gasteiger charge is 2.30. The van der Waals surface area contributed by atoms with E-state index in [-0.39, 0.29) is 12.5 Å². The molecule has 0 aromatic heterocycles. The summed E-state index contributed by atoms with van der Waals surface area (Å²) in [7, 11) is 0. The van der Waals surface area contributed by atoms with Gasteiger partial charge in [0.2, 0.25) is 5.91 Å². The minimum Gasteiger partial charge on any atom is -0.445 e. The lowest BCUT2D eigenvalue weighted by Gasteiger charge is -2.24. The van der Waals surface area contributed by atoms with E-state index in [0.29, 0.717) is 10.7 Å². The number of alkyl carbamates (subject to hydrolysis) is 1. The van der Waals surface area contributed by atoms with Gasteiger partial charge in [0.1, 0.15) is 12.1 Å². The summed E-state index contributed by atoms with van der Waals surface area (Å²) in [5.74, 6) is -0.360. The van der Waals surface area contributed by atoms with Crippen molar-refractivity contribution in [1.29, 1.82) is 0 Å². The van der Waals surface area contributed by atoms with E-state index >= 15 is 0 Å². The Morgan fingerprint density at radius 1 is 1.04 bits per heavy atom. The van der Waals surface area contributed by atoms with Gasteiger partial charge in [0, 0.05) is 10.7 Å². The van der Waals surface area contributed by atoms with Gasteiger partial charge >= 0.3 is 6.09 Å². The van der Waals surface area contributed by atoms with Gasteiger partial charge in [0.15, 0.2) is 0 Å². The molecule has 0 bridgehead atoms. The highest BCUT2D eigenvalue weighted by molar-refractivity contribution is 6.30. The molecule has 126 valence electrons. The Morgan fingerprint density at radius 2 is 1.67 bits per heavy atom. The van der Waals surface area contributed by atoms with E-state index in [0.717, 1.165) is 5.56 Å². The first-order valence-electron chi connectivity index (χ1n) is 7.43. The molecule has 0 saturated carbocycles. The molecule has 0 fully saturated rings. The molecule has 0 aliphatic heterocycles. The number of anilines is 1. The summed E-state index contributed by atoms with van der Waals surface area (Å²) >= 11 is 5.81. The van der Waals surface area contributed by atoms with Crippen molar-refractivity contribution in [2.24, 2.45) is 0 Å². The lowest BCUT2D eigenvalue weighted by Crippen LogP contribution is -2.52. The van der Waals surface area contributed by atoms with Crippen molar-refractivity contribution in [3.63, 3.8) is 0 Å². The summed E-state index contributed by atoms with van der Waals surface area (Å²) < 4.78 is 5.13. The number of halogens is 1. The van der Waals surface area contributed by atoms with E-state index in [1.807, 2.05) is 30.3 Å². The molecule has 0 aliphatic carbocycles. The minimum absolute atomic E-state index is 0.140. The lowest BCUT2D eigenvalue weighted by molar-refractivity contribution is -0.121. The second-order valence-corrected chi connectivity index (χ2v) is 6.21. The zero-order chi connectivity index (χ0) is 17.6. The molecule has 5 nitrogen and oxygen atoms in total. The quantitative estimate of drug-likeness (QED) is 0.860. The van der Waals surface area contributed by atoms with Crippen molar-refractivity contribution in [1.82, 2.24) is 5.32 Å². The third kappa shape index (κ3) is 5.28. The Labute approximate surface area is 146 Å².